The van der Waals surface area contributed by atoms with E-state index < -0.39 is 21.2 Å². The highest BCUT2D eigenvalue weighted by Gasteiger charge is 2.30. The van der Waals surface area contributed by atoms with Crippen molar-refractivity contribution in [1.82, 2.24) is 5.32 Å². The van der Waals surface area contributed by atoms with Crippen LogP contribution >= 0.6 is 0 Å². The van der Waals surface area contributed by atoms with E-state index in [1.807, 2.05) is 0 Å². The summed E-state index contributed by atoms with van der Waals surface area (Å²) in [5, 5.41) is 9.81. The van der Waals surface area contributed by atoms with Crippen LogP contribution in [-0.4, -0.2) is 43.8 Å². The molecule has 19 heavy (non-hydrogen) atoms. The van der Waals surface area contributed by atoms with Gasteiger partial charge in [-0.15, -0.1) is 0 Å². The zero-order valence-corrected chi connectivity index (χ0v) is 12.2. The SMILES string of the molecule is CCNC(C(=O)O)S(=O)(=O)CCCCCCCCF. The predicted octanol–water partition coefficient (Wildman–Crippen LogP) is 1.73. The highest BCUT2D eigenvalue weighted by atomic mass is 32.2. The molecule has 0 bridgehead atoms. The molecule has 0 aromatic carbocycles. The second-order valence-electron chi connectivity index (χ2n) is 4.45. The van der Waals surface area contributed by atoms with Gasteiger partial charge in [0, 0.05) is 0 Å². The first-order valence-electron chi connectivity index (χ1n) is 6.69. The van der Waals surface area contributed by atoms with E-state index in [9.17, 15) is 17.6 Å². The van der Waals surface area contributed by atoms with Gasteiger partial charge in [-0.3, -0.25) is 9.71 Å². The minimum Gasteiger partial charge on any atom is -0.479 e. The van der Waals surface area contributed by atoms with Crippen molar-refractivity contribution in [3.63, 3.8) is 0 Å². The summed E-state index contributed by atoms with van der Waals surface area (Å²) in [5.41, 5.74) is 0. The topological polar surface area (TPSA) is 83.5 Å². The fourth-order valence-electron chi connectivity index (χ4n) is 1.78. The van der Waals surface area contributed by atoms with Crippen molar-refractivity contribution < 1.29 is 22.7 Å². The summed E-state index contributed by atoms with van der Waals surface area (Å²) in [6.07, 6.45) is 4.29. The first-order valence-corrected chi connectivity index (χ1v) is 8.41. The average molecular weight is 297 g/mol. The molecule has 0 heterocycles. The first kappa shape index (κ1) is 18.3. The van der Waals surface area contributed by atoms with Crippen molar-refractivity contribution >= 4 is 15.8 Å². The van der Waals surface area contributed by atoms with Gasteiger partial charge in [0.25, 0.3) is 0 Å². The number of likely N-dealkylation sites (N-methyl/N-ethyl adjacent to an activating group) is 1. The average Bonchev–Trinajstić information content (AvgIpc) is 2.34. The van der Waals surface area contributed by atoms with Crippen molar-refractivity contribution in [2.45, 2.75) is 50.8 Å². The number of hydrogen-bond donors (Lipinski definition) is 2. The maximum atomic E-state index is 11.8. The number of carbonyl (C=O) groups is 1. The maximum absolute atomic E-state index is 11.8. The summed E-state index contributed by atoms with van der Waals surface area (Å²) in [6.45, 7) is 1.65. The molecule has 1 unspecified atom stereocenters. The lowest BCUT2D eigenvalue weighted by atomic mass is 10.1. The van der Waals surface area contributed by atoms with Crippen LogP contribution in [0, 0.1) is 0 Å². The van der Waals surface area contributed by atoms with Crippen LogP contribution in [0.3, 0.4) is 0 Å². The summed E-state index contributed by atoms with van der Waals surface area (Å²) in [7, 11) is -3.65. The number of carboxylic acid groups (broad SMARTS) is 1. The normalized spacial score (nSPS) is 13.4. The predicted molar refractivity (Wildman–Crippen MR) is 72.6 cm³/mol. The summed E-state index contributed by atoms with van der Waals surface area (Å²) >= 11 is 0. The van der Waals surface area contributed by atoms with Gasteiger partial charge in [0.2, 0.25) is 5.37 Å². The monoisotopic (exact) mass is 297 g/mol. The highest BCUT2D eigenvalue weighted by Crippen LogP contribution is 2.09. The van der Waals surface area contributed by atoms with Gasteiger partial charge in [0.1, 0.15) is 0 Å². The molecule has 0 amide bonds. The van der Waals surface area contributed by atoms with Gasteiger partial charge >= 0.3 is 5.97 Å². The molecule has 0 rings (SSSR count). The number of halogens is 1. The molecule has 0 spiro atoms. The minimum atomic E-state index is -3.65. The van der Waals surface area contributed by atoms with E-state index >= 15 is 0 Å². The van der Waals surface area contributed by atoms with Crippen LogP contribution in [0.1, 0.15) is 45.4 Å². The Bertz CT molecular complexity index is 346. The molecule has 0 aliphatic heterocycles. The molecule has 0 saturated carbocycles. The molecular weight excluding hydrogens is 273 g/mol. The molecule has 114 valence electrons. The fraction of sp³-hybridized carbons (Fsp3) is 0.917. The molecule has 0 aliphatic rings. The van der Waals surface area contributed by atoms with Crippen LogP contribution in [0.4, 0.5) is 4.39 Å². The zero-order valence-electron chi connectivity index (χ0n) is 11.4. The second-order valence-corrected chi connectivity index (χ2v) is 6.66. The van der Waals surface area contributed by atoms with Crippen LogP contribution in [0.2, 0.25) is 0 Å². The van der Waals surface area contributed by atoms with Gasteiger partial charge in [-0.05, 0) is 19.4 Å². The van der Waals surface area contributed by atoms with Crippen LogP contribution in [-0.2, 0) is 14.6 Å². The third-order valence-electron chi connectivity index (χ3n) is 2.79. The van der Waals surface area contributed by atoms with E-state index in [2.05, 4.69) is 5.32 Å². The van der Waals surface area contributed by atoms with Crippen LogP contribution in [0.15, 0.2) is 0 Å². The Balaban J connectivity index is 3.98. The summed E-state index contributed by atoms with van der Waals surface area (Å²) in [4.78, 5) is 10.9. The third-order valence-corrected chi connectivity index (χ3v) is 4.73. The molecule has 0 fully saturated rings. The van der Waals surface area contributed by atoms with Crippen molar-refractivity contribution in [3.8, 4) is 0 Å². The number of rotatable bonds is 12. The number of unbranched alkanes of at least 4 members (excludes halogenated alkanes) is 5. The van der Waals surface area contributed by atoms with Gasteiger partial charge in [-0.25, -0.2) is 13.2 Å². The fourth-order valence-corrected chi connectivity index (χ4v) is 3.35. The lowest BCUT2D eigenvalue weighted by molar-refractivity contribution is -0.137. The zero-order chi connectivity index (χ0) is 14.7. The third kappa shape index (κ3) is 8.15. The van der Waals surface area contributed by atoms with Gasteiger partial charge in [0.15, 0.2) is 9.84 Å². The lowest BCUT2D eigenvalue weighted by Gasteiger charge is -2.13. The molecular formula is C12H24FNO4S. The molecule has 0 saturated heterocycles. The highest BCUT2D eigenvalue weighted by molar-refractivity contribution is 7.92. The first-order chi connectivity index (χ1) is 8.95. The lowest BCUT2D eigenvalue weighted by Crippen LogP contribution is -2.44. The van der Waals surface area contributed by atoms with E-state index in [4.69, 9.17) is 5.11 Å². The molecule has 0 aromatic rings. The molecule has 0 radical (unpaired) electrons. The Kier molecular flexibility index (Phi) is 9.77. The molecule has 0 aromatic heterocycles. The van der Waals surface area contributed by atoms with Crippen molar-refractivity contribution in [1.29, 1.82) is 0 Å². The molecule has 2 N–H and O–H groups in total. The Hall–Kier alpha value is -0.690. The number of hydrogen-bond acceptors (Lipinski definition) is 4. The van der Waals surface area contributed by atoms with E-state index in [1.165, 1.54) is 0 Å². The van der Waals surface area contributed by atoms with Gasteiger partial charge in [-0.2, -0.15) is 0 Å². The summed E-state index contributed by atoms with van der Waals surface area (Å²) in [5.74, 6) is -1.48. The van der Waals surface area contributed by atoms with E-state index in [0.717, 1.165) is 25.7 Å². The van der Waals surface area contributed by atoms with Crippen molar-refractivity contribution in [2.24, 2.45) is 0 Å². The minimum absolute atomic E-state index is 0.125. The molecule has 7 heteroatoms. The number of nitrogens with one attached hydrogen (secondary N) is 1. The number of aliphatic carboxylic acids is 1. The quantitative estimate of drug-likeness (QED) is 0.536. The Morgan fingerprint density at radius 1 is 1.16 bits per heavy atom. The van der Waals surface area contributed by atoms with E-state index in [0.29, 0.717) is 19.4 Å². The Morgan fingerprint density at radius 2 is 1.68 bits per heavy atom. The van der Waals surface area contributed by atoms with Gasteiger partial charge in [-0.1, -0.05) is 32.6 Å². The largest absolute Gasteiger partial charge is 0.479 e. The number of carboxylic acids is 1. The number of alkyl halides is 1. The van der Waals surface area contributed by atoms with Gasteiger partial charge < -0.3 is 5.11 Å². The summed E-state index contributed by atoms with van der Waals surface area (Å²) < 4.78 is 35.4. The number of sulfone groups is 1. The molecule has 1 atom stereocenters. The molecule has 5 nitrogen and oxygen atoms in total. The maximum Gasteiger partial charge on any atom is 0.336 e. The van der Waals surface area contributed by atoms with Crippen molar-refractivity contribution in [3.05, 3.63) is 0 Å². The Morgan fingerprint density at radius 3 is 2.16 bits per heavy atom. The Labute approximate surface area is 114 Å². The van der Waals surface area contributed by atoms with Crippen LogP contribution < -0.4 is 5.32 Å². The summed E-state index contributed by atoms with van der Waals surface area (Å²) in [6, 6.07) is 0. The van der Waals surface area contributed by atoms with Crippen LogP contribution in [0.5, 0.6) is 0 Å². The molecule has 0 aliphatic carbocycles. The smallest absolute Gasteiger partial charge is 0.336 e. The standard InChI is InChI=1S/C12H24FNO4S/c1-2-14-11(12(15)16)19(17,18)10-8-6-4-3-5-7-9-13/h11,14H,2-10H2,1H3,(H,15,16). The van der Waals surface area contributed by atoms with E-state index in [-0.39, 0.29) is 12.4 Å². The van der Waals surface area contributed by atoms with Crippen LogP contribution in [0.25, 0.3) is 0 Å². The van der Waals surface area contributed by atoms with Gasteiger partial charge in [0.05, 0.1) is 12.4 Å². The second kappa shape index (κ2) is 10.1. The van der Waals surface area contributed by atoms with Crippen molar-refractivity contribution in [2.75, 3.05) is 19.0 Å². The van der Waals surface area contributed by atoms with E-state index in [1.54, 1.807) is 6.92 Å².